The topological polar surface area (TPSA) is 137 Å². The van der Waals surface area contributed by atoms with E-state index in [2.05, 4.69) is 34.1 Å². The van der Waals surface area contributed by atoms with Gasteiger partial charge >= 0.3 is 0 Å². The minimum absolute atomic E-state index is 0.0352. The highest BCUT2D eigenvalue weighted by atomic mass is 19.1. The number of rotatable bonds is 5. The number of halogens is 1. The van der Waals surface area contributed by atoms with Gasteiger partial charge in [0.1, 0.15) is 0 Å². The van der Waals surface area contributed by atoms with E-state index in [-0.39, 0.29) is 46.7 Å². The molecule has 4 heterocycles. The molecule has 2 saturated carbocycles. The number of pyridine rings is 1. The van der Waals surface area contributed by atoms with Gasteiger partial charge in [-0.2, -0.15) is 0 Å². The van der Waals surface area contributed by atoms with E-state index in [1.807, 2.05) is 6.92 Å². The molecule has 1 saturated heterocycles. The lowest BCUT2D eigenvalue weighted by Gasteiger charge is -2.58. The second-order valence-corrected chi connectivity index (χ2v) is 12.8. The predicted octanol–water partition coefficient (Wildman–Crippen LogP) is 2.88. The Bertz CT molecular complexity index is 1510. The van der Waals surface area contributed by atoms with Crippen molar-refractivity contribution >= 4 is 28.5 Å². The van der Waals surface area contributed by atoms with E-state index in [4.69, 9.17) is 0 Å². The Labute approximate surface area is 237 Å². The Morgan fingerprint density at radius 1 is 1.12 bits per heavy atom. The Hall–Kier alpha value is -3.67. The van der Waals surface area contributed by atoms with Crippen molar-refractivity contribution in [2.75, 3.05) is 26.2 Å². The first-order valence-corrected chi connectivity index (χ1v) is 14.3. The van der Waals surface area contributed by atoms with Crippen molar-refractivity contribution in [1.29, 1.82) is 0 Å². The molecule has 4 atom stereocenters. The van der Waals surface area contributed by atoms with Crippen LogP contribution < -0.4 is 0 Å². The number of fused-ring (bicyclic) bond motifs is 3. The molecule has 2 aliphatic carbocycles. The van der Waals surface area contributed by atoms with Gasteiger partial charge in [0.2, 0.25) is 5.91 Å². The molecule has 2 amide bonds. The van der Waals surface area contributed by atoms with Crippen LogP contribution >= 0.6 is 0 Å². The fourth-order valence-electron chi connectivity index (χ4n) is 8.32. The summed E-state index contributed by atoms with van der Waals surface area (Å²) in [5.41, 5.74) is -1.41. The number of ketones is 1. The first-order valence-electron chi connectivity index (χ1n) is 14.3. The number of carbonyl (C=O) groups excluding carboxylic acids is 3. The maximum atomic E-state index is 14.9. The van der Waals surface area contributed by atoms with Gasteiger partial charge in [0.25, 0.3) is 11.7 Å². The van der Waals surface area contributed by atoms with Crippen LogP contribution in [0.4, 0.5) is 4.39 Å². The predicted molar refractivity (Wildman–Crippen MR) is 146 cm³/mol. The zero-order valence-corrected chi connectivity index (χ0v) is 23.7. The zero-order valence-electron chi connectivity index (χ0n) is 23.7. The molecule has 3 aromatic heterocycles. The Morgan fingerprint density at radius 3 is 2.54 bits per heavy atom. The van der Waals surface area contributed by atoms with Crippen molar-refractivity contribution in [3.63, 3.8) is 0 Å². The van der Waals surface area contributed by atoms with E-state index >= 15 is 0 Å². The number of carbonyl (C=O) groups is 3. The minimum atomic E-state index is -0.897. The number of H-pyrrole nitrogens is 1. The molecule has 0 radical (unpaired) electrons. The van der Waals surface area contributed by atoms with Crippen molar-refractivity contribution in [3.8, 4) is 5.82 Å². The van der Waals surface area contributed by atoms with Gasteiger partial charge in [-0.1, -0.05) is 25.5 Å². The molecule has 2 bridgehead atoms. The number of piperazine rings is 1. The average molecular weight is 566 g/mol. The van der Waals surface area contributed by atoms with Gasteiger partial charge in [-0.15, -0.1) is 5.10 Å². The molecular weight excluding hydrogens is 529 g/mol. The summed E-state index contributed by atoms with van der Waals surface area (Å²) in [6, 6.07) is 0. The number of aromatic amines is 1. The van der Waals surface area contributed by atoms with Crippen LogP contribution in [-0.2, 0) is 9.59 Å². The van der Waals surface area contributed by atoms with E-state index in [1.54, 1.807) is 4.90 Å². The maximum absolute atomic E-state index is 14.9. The number of nitrogens with zero attached hydrogens (tertiary/aromatic N) is 6. The number of aliphatic hydroxyl groups is 1. The fraction of sp³-hybridized carbons (Fsp3) is 0.586. The second kappa shape index (κ2) is 9.71. The van der Waals surface area contributed by atoms with Crippen LogP contribution in [0.1, 0.15) is 69.7 Å². The Kier molecular flexibility index (Phi) is 6.51. The molecule has 3 aliphatic rings. The summed E-state index contributed by atoms with van der Waals surface area (Å²) in [6.45, 7) is 7.22. The number of nitrogens with one attached hydrogen (secondary N) is 1. The minimum Gasteiger partial charge on any atom is -0.390 e. The lowest BCUT2D eigenvalue weighted by molar-refractivity contribution is -0.175. The first kappa shape index (κ1) is 27.5. The van der Waals surface area contributed by atoms with Crippen LogP contribution in [-0.4, -0.2) is 89.2 Å². The Balaban J connectivity index is 1.18. The maximum Gasteiger partial charge on any atom is 0.295 e. The molecule has 3 aromatic rings. The lowest BCUT2D eigenvalue weighted by atomic mass is 9.48. The summed E-state index contributed by atoms with van der Waals surface area (Å²) in [5, 5.41) is 18.8. The molecule has 2 N–H and O–H groups in total. The third-order valence-electron chi connectivity index (χ3n) is 9.49. The summed E-state index contributed by atoms with van der Waals surface area (Å²) >= 11 is 0. The lowest BCUT2D eigenvalue weighted by Crippen LogP contribution is -2.61. The highest BCUT2D eigenvalue weighted by Crippen LogP contribution is 2.61. The molecule has 6 rings (SSSR count). The van der Waals surface area contributed by atoms with Crippen LogP contribution in [0.3, 0.4) is 0 Å². The second-order valence-electron chi connectivity index (χ2n) is 12.8. The number of amides is 2. The van der Waals surface area contributed by atoms with E-state index in [1.165, 1.54) is 28.2 Å². The zero-order chi connectivity index (χ0) is 29.2. The van der Waals surface area contributed by atoms with Crippen LogP contribution in [0.25, 0.3) is 16.7 Å². The largest absolute Gasteiger partial charge is 0.390 e. The monoisotopic (exact) mass is 565 g/mol. The molecule has 0 aromatic carbocycles. The fourth-order valence-corrected chi connectivity index (χ4v) is 8.32. The number of aromatic nitrogens is 5. The number of Topliss-reactive ketones (excluding diaryl/α,β-unsaturated/α-hetero) is 1. The Morgan fingerprint density at radius 2 is 1.85 bits per heavy atom. The van der Waals surface area contributed by atoms with Gasteiger partial charge in [-0.25, -0.2) is 14.1 Å². The highest BCUT2D eigenvalue weighted by molar-refractivity contribution is 6.45. The molecule has 1 unspecified atom stereocenters. The van der Waals surface area contributed by atoms with E-state index in [0.717, 1.165) is 31.9 Å². The highest BCUT2D eigenvalue weighted by Gasteiger charge is 2.59. The van der Waals surface area contributed by atoms with Gasteiger partial charge in [0.15, 0.2) is 11.6 Å². The SMILES string of the molecule is CC[C@@]12CC(C)C[C@@](C(=O)N3CCN(C(=O)C(=O)c4c[nH]c5c(-n6ccnn6)ncc(F)c45)CC3)(C[C@](C)(O)C1)C2. The van der Waals surface area contributed by atoms with Gasteiger partial charge in [0, 0.05) is 32.4 Å². The van der Waals surface area contributed by atoms with Crippen molar-refractivity contribution in [2.45, 2.75) is 64.9 Å². The van der Waals surface area contributed by atoms with Crippen LogP contribution in [0, 0.1) is 22.6 Å². The van der Waals surface area contributed by atoms with Crippen LogP contribution in [0.15, 0.2) is 24.8 Å². The molecule has 11 nitrogen and oxygen atoms in total. The van der Waals surface area contributed by atoms with Crippen molar-refractivity contribution < 1.29 is 23.9 Å². The standard InChI is InChI=1S/C29H36FN7O4/c1-4-28-11-18(2)12-29(17-28,16-27(3,41)15-28)26(40)36-9-7-35(8-10-36)25(39)23(38)19-13-31-22-21(19)20(30)14-32-24(22)37-6-5-33-34-37/h5-6,13-14,18,31,41H,4,7-12,15-17H2,1-3H3/t18?,27-,28-,29-/m1/s1. The summed E-state index contributed by atoms with van der Waals surface area (Å²) in [7, 11) is 0. The molecule has 3 fully saturated rings. The molecule has 218 valence electrons. The summed E-state index contributed by atoms with van der Waals surface area (Å²) in [4.78, 5) is 50.8. The quantitative estimate of drug-likeness (QED) is 0.358. The third kappa shape index (κ3) is 4.61. The van der Waals surface area contributed by atoms with Gasteiger partial charge in [0.05, 0.1) is 46.1 Å². The number of hydrogen-bond acceptors (Lipinski definition) is 7. The molecule has 0 spiro atoms. The average Bonchev–Trinajstić information content (AvgIpc) is 3.62. The van der Waals surface area contributed by atoms with Crippen molar-refractivity contribution in [1.82, 2.24) is 34.8 Å². The van der Waals surface area contributed by atoms with Crippen LogP contribution in [0.5, 0.6) is 0 Å². The smallest absolute Gasteiger partial charge is 0.295 e. The van der Waals surface area contributed by atoms with Gasteiger partial charge < -0.3 is 19.9 Å². The summed E-state index contributed by atoms with van der Waals surface area (Å²) in [5.74, 6) is -1.62. The molecule has 12 heteroatoms. The normalized spacial score (nSPS) is 30.0. The van der Waals surface area contributed by atoms with E-state index in [0.29, 0.717) is 31.8 Å². The van der Waals surface area contributed by atoms with Crippen LogP contribution in [0.2, 0.25) is 0 Å². The third-order valence-corrected chi connectivity index (χ3v) is 9.49. The molecular formula is C29H36FN7O4. The van der Waals surface area contributed by atoms with E-state index < -0.39 is 28.5 Å². The first-order chi connectivity index (χ1) is 19.5. The summed E-state index contributed by atoms with van der Waals surface area (Å²) in [6.07, 6.45) is 9.93. The van der Waals surface area contributed by atoms with E-state index in [9.17, 15) is 23.9 Å². The summed E-state index contributed by atoms with van der Waals surface area (Å²) < 4.78 is 16.2. The van der Waals surface area contributed by atoms with Crippen molar-refractivity contribution in [2.24, 2.45) is 16.7 Å². The van der Waals surface area contributed by atoms with Gasteiger partial charge in [-0.3, -0.25) is 14.4 Å². The molecule has 1 aliphatic heterocycles. The van der Waals surface area contributed by atoms with Gasteiger partial charge in [-0.05, 0) is 50.4 Å². The molecule has 41 heavy (non-hydrogen) atoms. The number of hydrogen-bond donors (Lipinski definition) is 2. The van der Waals surface area contributed by atoms with Crippen molar-refractivity contribution in [3.05, 3.63) is 36.2 Å².